The van der Waals surface area contributed by atoms with E-state index < -0.39 is 0 Å². The molecule has 0 aromatic rings. The summed E-state index contributed by atoms with van der Waals surface area (Å²) >= 11 is 1.44. The van der Waals surface area contributed by atoms with E-state index in [1.54, 1.807) is 0 Å². The lowest BCUT2D eigenvalue weighted by molar-refractivity contribution is 0.886. The second kappa shape index (κ2) is 18.1. The van der Waals surface area contributed by atoms with Crippen molar-refractivity contribution in [3.05, 3.63) is 0 Å². The van der Waals surface area contributed by atoms with Crippen molar-refractivity contribution < 1.29 is 3.56 Å². The average molecular weight is 157 g/mol. The van der Waals surface area contributed by atoms with Gasteiger partial charge in [0.05, 0.1) is 0 Å². The molecule has 0 radical (unpaired) electrons. The molecule has 0 unspecified atom stereocenters. The van der Waals surface area contributed by atoms with Crippen LogP contribution in [0.25, 0.3) is 0 Å². The Morgan fingerprint density at radius 3 is 1.33 bits per heavy atom. The molecule has 0 fully saturated rings. The van der Waals surface area contributed by atoms with E-state index >= 15 is 0 Å². The van der Waals surface area contributed by atoms with Crippen molar-refractivity contribution in [2.75, 3.05) is 0 Å². The van der Waals surface area contributed by atoms with E-state index in [4.69, 9.17) is 0 Å². The van der Waals surface area contributed by atoms with Crippen molar-refractivity contribution in [3.8, 4) is 0 Å². The third-order valence-electron chi connectivity index (χ3n) is 0.500. The lowest BCUT2D eigenvalue weighted by Crippen LogP contribution is -1.47. The first-order valence-corrected chi connectivity index (χ1v) is 2.66. The summed E-state index contributed by atoms with van der Waals surface area (Å²) in [6.07, 6.45) is 2.64. The summed E-state index contributed by atoms with van der Waals surface area (Å²) in [6.45, 7) is 4.36. The lowest BCUT2D eigenvalue weighted by atomic mass is 10.4. The molecule has 0 aromatic heterocycles. The van der Waals surface area contributed by atoms with E-state index in [0.29, 0.717) is 0 Å². The number of halogens is 2. The molecule has 0 aromatic carbocycles. The smallest absolute Gasteiger partial charge is 0.158 e. The van der Waals surface area contributed by atoms with Gasteiger partial charge in [-0.1, -0.05) is 26.7 Å². The molecule has 0 N–H and O–H groups in total. The van der Waals surface area contributed by atoms with Gasteiger partial charge in [0.15, 0.2) is 16.4 Å². The predicted molar refractivity (Wildman–Crippen MR) is 30.6 cm³/mol. The SMILES string of the molecule is CCCC.FBr. The van der Waals surface area contributed by atoms with Crippen LogP contribution in [0.3, 0.4) is 0 Å². The quantitative estimate of drug-likeness (QED) is 0.548. The highest BCUT2D eigenvalue weighted by Gasteiger charge is 1.56. The molecule has 40 valence electrons. The van der Waals surface area contributed by atoms with Crippen LogP contribution in [0.1, 0.15) is 26.7 Å². The van der Waals surface area contributed by atoms with Crippen LogP contribution < -0.4 is 0 Å². The average Bonchev–Trinajstić information content (AvgIpc) is 1.72. The van der Waals surface area contributed by atoms with Gasteiger partial charge in [-0.25, -0.2) is 0 Å². The molecule has 0 nitrogen and oxygen atoms in total. The Kier molecular flexibility index (Phi) is 29.1. The summed E-state index contributed by atoms with van der Waals surface area (Å²) in [5.74, 6) is 0. The number of hydrogen-bond acceptors (Lipinski definition) is 0. The standard InChI is InChI=1S/C4H10.BrF/c1-3-4-2;1-2/h3-4H2,1-2H3;. The van der Waals surface area contributed by atoms with Gasteiger partial charge in [-0.2, -0.15) is 3.56 Å². The minimum atomic E-state index is 1.32. The third-order valence-corrected chi connectivity index (χ3v) is 0.500. The molecule has 0 bridgehead atoms. The minimum Gasteiger partial charge on any atom is -0.158 e. The second-order valence-electron chi connectivity index (χ2n) is 1.000. The van der Waals surface area contributed by atoms with E-state index in [1.165, 1.54) is 29.2 Å². The highest BCUT2D eigenvalue weighted by Crippen LogP contribution is 1.76. The molecule has 0 heterocycles. The van der Waals surface area contributed by atoms with Gasteiger partial charge in [0.25, 0.3) is 0 Å². The van der Waals surface area contributed by atoms with Crippen LogP contribution in [0.2, 0.25) is 0 Å². The van der Waals surface area contributed by atoms with Gasteiger partial charge in [-0.15, -0.1) is 0 Å². The van der Waals surface area contributed by atoms with Crippen LogP contribution in [-0.4, -0.2) is 0 Å². The molecule has 0 atom stereocenters. The van der Waals surface area contributed by atoms with Crippen molar-refractivity contribution >= 4 is 16.4 Å². The fourth-order valence-corrected chi connectivity index (χ4v) is 0. The van der Waals surface area contributed by atoms with E-state index in [-0.39, 0.29) is 0 Å². The molecule has 0 spiro atoms. The third kappa shape index (κ3) is 25.8. The van der Waals surface area contributed by atoms with Crippen LogP contribution in [0.15, 0.2) is 0 Å². The molecule has 0 aliphatic carbocycles. The van der Waals surface area contributed by atoms with Crippen LogP contribution in [0.4, 0.5) is 3.56 Å². The van der Waals surface area contributed by atoms with Gasteiger partial charge in [0, 0.05) is 0 Å². The van der Waals surface area contributed by atoms with Crippen LogP contribution in [0, 0.1) is 0 Å². The Balaban J connectivity index is 0. The lowest BCUT2D eigenvalue weighted by Gasteiger charge is -1.68. The van der Waals surface area contributed by atoms with E-state index in [2.05, 4.69) is 13.8 Å². The van der Waals surface area contributed by atoms with E-state index in [1.807, 2.05) is 0 Å². The van der Waals surface area contributed by atoms with Crippen LogP contribution in [-0.2, 0) is 0 Å². The van der Waals surface area contributed by atoms with Crippen molar-refractivity contribution in [2.24, 2.45) is 0 Å². The van der Waals surface area contributed by atoms with E-state index in [9.17, 15) is 3.56 Å². The highest BCUT2D eigenvalue weighted by atomic mass is 79.9. The van der Waals surface area contributed by atoms with Gasteiger partial charge in [-0.3, -0.25) is 0 Å². The minimum absolute atomic E-state index is 1.32. The maximum Gasteiger partial charge on any atom is 0.158 e. The fraction of sp³-hybridized carbons (Fsp3) is 1.00. The van der Waals surface area contributed by atoms with E-state index in [0.717, 1.165) is 0 Å². The Hall–Kier alpha value is 0.410. The van der Waals surface area contributed by atoms with Crippen molar-refractivity contribution in [1.29, 1.82) is 0 Å². The number of hydrogen-bond donors (Lipinski definition) is 0. The molecule has 6 heavy (non-hydrogen) atoms. The number of unbranched alkanes of at least 4 members (excludes halogenated alkanes) is 1. The molecular formula is C4H10BrF. The van der Waals surface area contributed by atoms with Crippen LogP contribution in [0.5, 0.6) is 0 Å². The summed E-state index contributed by atoms with van der Waals surface area (Å²) < 4.78 is 9.31. The van der Waals surface area contributed by atoms with Gasteiger partial charge in [0.2, 0.25) is 0 Å². The first-order chi connectivity index (χ1) is 2.91. The molecule has 0 rings (SSSR count). The summed E-state index contributed by atoms with van der Waals surface area (Å²) in [5.41, 5.74) is 0. The Morgan fingerprint density at radius 2 is 1.33 bits per heavy atom. The zero-order chi connectivity index (χ0) is 5.41. The normalized spacial score (nSPS) is 6.00. The zero-order valence-corrected chi connectivity index (χ0v) is 5.76. The Bertz CT molecular complexity index is 9.51. The summed E-state index contributed by atoms with van der Waals surface area (Å²) in [4.78, 5) is 0. The summed E-state index contributed by atoms with van der Waals surface area (Å²) in [5, 5.41) is 0. The van der Waals surface area contributed by atoms with Crippen LogP contribution >= 0.6 is 16.4 Å². The Morgan fingerprint density at radius 1 is 1.17 bits per heavy atom. The second-order valence-corrected chi connectivity index (χ2v) is 1.000. The topological polar surface area (TPSA) is 0 Å². The molecular weight excluding hydrogens is 147 g/mol. The Labute approximate surface area is 47.3 Å². The zero-order valence-electron chi connectivity index (χ0n) is 4.17. The maximum absolute atomic E-state index is 9.31. The molecule has 0 aliphatic heterocycles. The molecule has 2 heteroatoms. The first kappa shape index (κ1) is 9.65. The molecule has 0 saturated carbocycles. The number of rotatable bonds is 1. The monoisotopic (exact) mass is 156 g/mol. The van der Waals surface area contributed by atoms with Gasteiger partial charge < -0.3 is 0 Å². The summed E-state index contributed by atoms with van der Waals surface area (Å²) in [7, 11) is 0. The van der Waals surface area contributed by atoms with Crippen molar-refractivity contribution in [2.45, 2.75) is 26.7 Å². The van der Waals surface area contributed by atoms with Crippen molar-refractivity contribution in [1.82, 2.24) is 0 Å². The van der Waals surface area contributed by atoms with Gasteiger partial charge in [0.1, 0.15) is 0 Å². The molecule has 0 aliphatic rings. The van der Waals surface area contributed by atoms with Gasteiger partial charge in [-0.05, 0) is 0 Å². The largest absolute Gasteiger partial charge is 0.158 e. The summed E-state index contributed by atoms with van der Waals surface area (Å²) in [6, 6.07) is 0. The maximum atomic E-state index is 9.31. The van der Waals surface area contributed by atoms with Gasteiger partial charge >= 0.3 is 0 Å². The molecule has 0 saturated heterocycles. The van der Waals surface area contributed by atoms with Crippen molar-refractivity contribution in [3.63, 3.8) is 0 Å². The first-order valence-electron chi connectivity index (χ1n) is 2.06. The molecule has 0 amide bonds. The predicted octanol–water partition coefficient (Wildman–Crippen LogP) is 3.07. The fourth-order valence-electron chi connectivity index (χ4n) is 0. The highest BCUT2D eigenvalue weighted by molar-refractivity contribution is 9.05.